The van der Waals surface area contributed by atoms with Crippen LogP contribution in [-0.2, 0) is 14.6 Å². The Labute approximate surface area is 153 Å². The van der Waals surface area contributed by atoms with Crippen molar-refractivity contribution in [2.45, 2.75) is 51.3 Å². The van der Waals surface area contributed by atoms with Crippen molar-refractivity contribution in [3.05, 3.63) is 29.3 Å². The van der Waals surface area contributed by atoms with Crippen LogP contribution in [0.25, 0.3) is 0 Å². The summed E-state index contributed by atoms with van der Waals surface area (Å²) in [7, 11) is -3.04. The van der Waals surface area contributed by atoms with Gasteiger partial charge in [-0.3, -0.25) is 4.79 Å². The first kappa shape index (κ1) is 18.5. The van der Waals surface area contributed by atoms with E-state index in [0.717, 1.165) is 29.7 Å². The highest BCUT2D eigenvalue weighted by Crippen LogP contribution is 2.42. The molecule has 2 fully saturated rings. The van der Waals surface area contributed by atoms with Gasteiger partial charge in [0.25, 0.3) is 0 Å². The molecule has 136 valence electrons. The summed E-state index contributed by atoms with van der Waals surface area (Å²) in [5.41, 5.74) is 3.20. The Bertz CT molecular complexity index is 818. The molecule has 2 heterocycles. The van der Waals surface area contributed by atoms with E-state index in [9.17, 15) is 13.2 Å². The first-order valence-electron chi connectivity index (χ1n) is 8.66. The van der Waals surface area contributed by atoms with Crippen molar-refractivity contribution in [2.75, 3.05) is 16.4 Å². The van der Waals surface area contributed by atoms with Gasteiger partial charge >= 0.3 is 0 Å². The number of aryl methyl sites for hydroxylation is 1. The minimum absolute atomic E-state index is 0.0531. The highest BCUT2D eigenvalue weighted by atomic mass is 32.2. The lowest BCUT2D eigenvalue weighted by atomic mass is 10.1. The van der Waals surface area contributed by atoms with Crippen LogP contribution in [0.3, 0.4) is 0 Å². The maximum Gasteiger partial charge on any atom is 0.248 e. The number of fused-ring (bicyclic) bond motifs is 1. The van der Waals surface area contributed by atoms with Crippen molar-refractivity contribution in [3.8, 4) is 0 Å². The topological polar surface area (TPSA) is 66.8 Å². The molecule has 0 bridgehead atoms. The van der Waals surface area contributed by atoms with Crippen LogP contribution in [-0.4, -0.2) is 42.3 Å². The summed E-state index contributed by atoms with van der Waals surface area (Å²) in [6.45, 7) is 6.11. The molecule has 0 unspecified atom stereocenters. The summed E-state index contributed by atoms with van der Waals surface area (Å²) in [4.78, 5) is 18.5. The maximum absolute atomic E-state index is 12.2. The molecule has 2 aliphatic heterocycles. The van der Waals surface area contributed by atoms with Gasteiger partial charge in [-0.05, 0) is 37.5 Å². The number of hydrogen-bond acceptors (Lipinski definition) is 4. The van der Waals surface area contributed by atoms with Crippen LogP contribution in [0.2, 0.25) is 0 Å². The zero-order valence-corrected chi connectivity index (χ0v) is 16.5. The minimum Gasteiger partial charge on any atom is -0.315 e. The summed E-state index contributed by atoms with van der Waals surface area (Å²) in [6.07, 6.45) is 2.22. The second-order valence-corrected chi connectivity index (χ2v) is 10.1. The summed E-state index contributed by atoms with van der Waals surface area (Å²) in [6, 6.07) is 5.85. The van der Waals surface area contributed by atoms with Crippen molar-refractivity contribution >= 4 is 38.4 Å². The number of anilines is 1. The van der Waals surface area contributed by atoms with Crippen LogP contribution in [0.1, 0.15) is 37.3 Å². The van der Waals surface area contributed by atoms with Crippen LogP contribution in [0.5, 0.6) is 0 Å². The Morgan fingerprint density at radius 3 is 2.80 bits per heavy atom. The predicted molar refractivity (Wildman–Crippen MR) is 104 cm³/mol. The lowest BCUT2D eigenvalue weighted by molar-refractivity contribution is -0.117. The zero-order valence-electron chi connectivity index (χ0n) is 14.9. The van der Waals surface area contributed by atoms with E-state index in [1.807, 2.05) is 43.9 Å². The third-order valence-electron chi connectivity index (χ3n) is 4.87. The molecule has 0 saturated carbocycles. The van der Waals surface area contributed by atoms with Gasteiger partial charge in [0.15, 0.2) is 15.0 Å². The van der Waals surface area contributed by atoms with Gasteiger partial charge in [0.05, 0.1) is 17.5 Å². The molecular weight excluding hydrogens is 356 g/mol. The maximum atomic E-state index is 12.2. The lowest BCUT2D eigenvalue weighted by Crippen LogP contribution is -2.38. The molecule has 3 rings (SSSR count). The van der Waals surface area contributed by atoms with E-state index >= 15 is 0 Å². The molecule has 0 radical (unpaired) electrons. The van der Waals surface area contributed by atoms with Gasteiger partial charge in [0, 0.05) is 17.4 Å². The SMILES string of the molecule is CCCCC(=O)N=C1S[C@@H]2CS(=O)(=O)C[C@H]2N1c1cccc(C)c1C. The highest BCUT2D eigenvalue weighted by molar-refractivity contribution is 8.16. The Morgan fingerprint density at radius 1 is 1.32 bits per heavy atom. The molecule has 0 aromatic heterocycles. The van der Waals surface area contributed by atoms with E-state index in [2.05, 4.69) is 4.99 Å². The quantitative estimate of drug-likeness (QED) is 0.803. The van der Waals surface area contributed by atoms with Crippen molar-refractivity contribution in [2.24, 2.45) is 4.99 Å². The summed E-state index contributed by atoms with van der Waals surface area (Å²) >= 11 is 1.44. The van der Waals surface area contributed by atoms with Crippen LogP contribution < -0.4 is 4.90 Å². The van der Waals surface area contributed by atoms with E-state index in [1.54, 1.807) is 0 Å². The molecule has 1 aromatic carbocycles. The standard InChI is InChI=1S/C18H24N2O3S2/c1-4-5-9-17(21)19-18-20(14-8-6-7-12(2)13(14)3)15-10-25(22,23)11-16(15)24-18/h6-8,15-16H,4-5,9-11H2,1-3H3/t15-,16-/m1/s1. The van der Waals surface area contributed by atoms with Crippen LogP contribution in [0.4, 0.5) is 5.69 Å². The number of amides is 1. The molecule has 0 spiro atoms. The van der Waals surface area contributed by atoms with E-state index in [-0.39, 0.29) is 28.7 Å². The molecule has 2 atom stereocenters. The Morgan fingerprint density at radius 2 is 2.08 bits per heavy atom. The van der Waals surface area contributed by atoms with Crippen molar-refractivity contribution < 1.29 is 13.2 Å². The number of nitrogens with zero attached hydrogens (tertiary/aromatic N) is 2. The lowest BCUT2D eigenvalue weighted by Gasteiger charge is -2.26. The molecule has 2 aliphatic rings. The Hall–Kier alpha value is -1.34. The number of benzene rings is 1. The number of carbonyl (C=O) groups excluding carboxylic acids is 1. The molecule has 0 aliphatic carbocycles. The number of hydrogen-bond donors (Lipinski definition) is 0. The molecule has 0 N–H and O–H groups in total. The van der Waals surface area contributed by atoms with Gasteiger partial charge < -0.3 is 4.90 Å². The third-order valence-corrected chi connectivity index (χ3v) is 8.08. The number of thioether (sulfide) groups is 1. The average Bonchev–Trinajstić information content (AvgIpc) is 2.99. The largest absolute Gasteiger partial charge is 0.315 e. The molecule has 1 aromatic rings. The van der Waals surface area contributed by atoms with Crippen LogP contribution in [0.15, 0.2) is 23.2 Å². The molecule has 1 amide bonds. The fourth-order valence-electron chi connectivity index (χ4n) is 3.33. The molecule has 7 heteroatoms. The highest BCUT2D eigenvalue weighted by Gasteiger charge is 2.49. The number of unbranched alkanes of at least 4 members (excludes halogenated alkanes) is 1. The summed E-state index contributed by atoms with van der Waals surface area (Å²) < 4.78 is 24.2. The fraction of sp³-hybridized carbons (Fsp3) is 0.556. The first-order chi connectivity index (χ1) is 11.8. The Balaban J connectivity index is 2.00. The van der Waals surface area contributed by atoms with Crippen molar-refractivity contribution in [3.63, 3.8) is 0 Å². The van der Waals surface area contributed by atoms with E-state index in [0.29, 0.717) is 11.6 Å². The second kappa shape index (κ2) is 7.11. The zero-order chi connectivity index (χ0) is 18.2. The number of amidine groups is 1. The molecule has 2 saturated heterocycles. The number of aliphatic imine (C=N–C) groups is 1. The Kier molecular flexibility index (Phi) is 5.25. The van der Waals surface area contributed by atoms with Crippen LogP contribution >= 0.6 is 11.8 Å². The predicted octanol–water partition coefficient (Wildman–Crippen LogP) is 3.10. The van der Waals surface area contributed by atoms with Gasteiger partial charge in [-0.1, -0.05) is 37.2 Å². The smallest absolute Gasteiger partial charge is 0.248 e. The first-order valence-corrected chi connectivity index (χ1v) is 11.4. The minimum atomic E-state index is -3.04. The number of carbonyl (C=O) groups is 1. The van der Waals surface area contributed by atoms with Gasteiger partial charge in [0.1, 0.15) is 0 Å². The van der Waals surface area contributed by atoms with Crippen molar-refractivity contribution in [1.29, 1.82) is 0 Å². The van der Waals surface area contributed by atoms with Gasteiger partial charge in [0.2, 0.25) is 5.91 Å². The summed E-state index contributed by atoms with van der Waals surface area (Å²) in [5.74, 6) is 0.161. The van der Waals surface area contributed by atoms with Crippen molar-refractivity contribution in [1.82, 2.24) is 0 Å². The second-order valence-electron chi connectivity index (χ2n) is 6.78. The number of rotatable bonds is 4. The van der Waals surface area contributed by atoms with Crippen LogP contribution in [0, 0.1) is 13.8 Å². The fourth-order valence-corrected chi connectivity index (χ4v) is 7.26. The average molecular weight is 381 g/mol. The number of sulfone groups is 1. The third kappa shape index (κ3) is 3.77. The van der Waals surface area contributed by atoms with Gasteiger partial charge in [-0.25, -0.2) is 8.42 Å². The van der Waals surface area contributed by atoms with E-state index in [1.165, 1.54) is 11.8 Å². The van der Waals surface area contributed by atoms with Gasteiger partial charge in [-0.2, -0.15) is 4.99 Å². The molecule has 5 nitrogen and oxygen atoms in total. The summed E-state index contributed by atoms with van der Waals surface area (Å²) in [5, 5.41) is 0.599. The van der Waals surface area contributed by atoms with E-state index in [4.69, 9.17) is 0 Å². The monoisotopic (exact) mass is 380 g/mol. The molecule has 25 heavy (non-hydrogen) atoms. The molecular formula is C18H24N2O3S2. The van der Waals surface area contributed by atoms with E-state index < -0.39 is 9.84 Å². The van der Waals surface area contributed by atoms with Gasteiger partial charge in [-0.15, -0.1) is 0 Å². The normalized spacial score (nSPS) is 26.2.